The van der Waals surface area contributed by atoms with E-state index in [4.69, 9.17) is 0 Å². The highest BCUT2D eigenvalue weighted by Crippen LogP contribution is 2.20. The number of piperidine rings is 1. The molecule has 2 rings (SSSR count). The van der Waals surface area contributed by atoms with Crippen LogP contribution in [-0.4, -0.2) is 29.9 Å². The van der Waals surface area contributed by atoms with Gasteiger partial charge in [-0.05, 0) is 38.3 Å². The number of halogens is 1. The van der Waals surface area contributed by atoms with Crippen molar-refractivity contribution in [2.75, 3.05) is 13.1 Å². The van der Waals surface area contributed by atoms with Crippen molar-refractivity contribution >= 4 is 18.3 Å². The van der Waals surface area contributed by atoms with Crippen LogP contribution in [-0.2, 0) is 11.3 Å². The minimum atomic E-state index is 0. The number of carbonyl (C=O) groups is 1. The molecule has 1 aliphatic rings. The summed E-state index contributed by atoms with van der Waals surface area (Å²) in [6.07, 6.45) is 2.95. The molecule has 0 unspecified atom stereocenters. The first-order chi connectivity index (χ1) is 9.70. The van der Waals surface area contributed by atoms with E-state index < -0.39 is 0 Å². The average molecular weight is 311 g/mol. The summed E-state index contributed by atoms with van der Waals surface area (Å²) in [5.74, 6) is 0.533. The number of nitrogens with one attached hydrogen (secondary N) is 1. The summed E-state index contributed by atoms with van der Waals surface area (Å²) in [6, 6.07) is 10.7. The van der Waals surface area contributed by atoms with Crippen LogP contribution in [0.3, 0.4) is 0 Å². The molecule has 1 N–H and O–H groups in total. The van der Waals surface area contributed by atoms with Crippen LogP contribution in [0.2, 0.25) is 0 Å². The van der Waals surface area contributed by atoms with Crippen LogP contribution in [0.15, 0.2) is 30.3 Å². The second kappa shape index (κ2) is 9.06. The molecule has 0 aromatic heterocycles. The third-order valence-electron chi connectivity index (χ3n) is 3.99. The lowest BCUT2D eigenvalue weighted by Crippen LogP contribution is -2.44. The molecular formula is C17H27ClN2O. The van der Waals surface area contributed by atoms with Crippen molar-refractivity contribution in [3.05, 3.63) is 35.9 Å². The molecule has 118 valence electrons. The molecule has 0 saturated carbocycles. The van der Waals surface area contributed by atoms with E-state index in [1.54, 1.807) is 0 Å². The molecule has 0 aliphatic carbocycles. The Morgan fingerprint density at radius 3 is 2.67 bits per heavy atom. The topological polar surface area (TPSA) is 32.3 Å². The molecule has 1 saturated heterocycles. The summed E-state index contributed by atoms with van der Waals surface area (Å²) in [5, 5.41) is 3.42. The normalized spacial score (nSPS) is 21.4. The van der Waals surface area contributed by atoms with Gasteiger partial charge in [-0.3, -0.25) is 4.79 Å². The van der Waals surface area contributed by atoms with E-state index in [-0.39, 0.29) is 18.3 Å². The van der Waals surface area contributed by atoms with Crippen molar-refractivity contribution in [2.45, 2.75) is 45.7 Å². The van der Waals surface area contributed by atoms with Crippen molar-refractivity contribution in [2.24, 2.45) is 5.92 Å². The van der Waals surface area contributed by atoms with Gasteiger partial charge < -0.3 is 10.2 Å². The fraction of sp³-hybridized carbons (Fsp3) is 0.588. The molecule has 4 heteroatoms. The van der Waals surface area contributed by atoms with E-state index in [1.165, 1.54) is 5.56 Å². The molecule has 1 amide bonds. The summed E-state index contributed by atoms with van der Waals surface area (Å²) in [5.41, 5.74) is 1.22. The van der Waals surface area contributed by atoms with Gasteiger partial charge in [0.2, 0.25) is 5.91 Å². The molecule has 21 heavy (non-hydrogen) atoms. The Morgan fingerprint density at radius 1 is 1.33 bits per heavy atom. The highest BCUT2D eigenvalue weighted by atomic mass is 35.5. The Bertz CT molecular complexity index is 424. The molecule has 1 aromatic carbocycles. The maximum absolute atomic E-state index is 12.7. The van der Waals surface area contributed by atoms with Crippen LogP contribution < -0.4 is 5.32 Å². The molecule has 1 heterocycles. The molecule has 1 aliphatic heterocycles. The van der Waals surface area contributed by atoms with E-state index in [9.17, 15) is 4.79 Å². The number of hydrogen-bond acceptors (Lipinski definition) is 2. The van der Waals surface area contributed by atoms with Crippen molar-refractivity contribution in [3.63, 3.8) is 0 Å². The van der Waals surface area contributed by atoms with E-state index in [0.29, 0.717) is 11.9 Å². The molecule has 1 aromatic rings. The molecule has 2 atom stereocenters. The van der Waals surface area contributed by atoms with Crippen LogP contribution in [0.25, 0.3) is 0 Å². The van der Waals surface area contributed by atoms with Gasteiger partial charge in [0.1, 0.15) is 0 Å². The summed E-state index contributed by atoms with van der Waals surface area (Å²) < 4.78 is 0. The van der Waals surface area contributed by atoms with Gasteiger partial charge >= 0.3 is 0 Å². The molecule has 0 bridgehead atoms. The van der Waals surface area contributed by atoms with E-state index in [0.717, 1.165) is 38.9 Å². The second-order valence-electron chi connectivity index (χ2n) is 5.82. The van der Waals surface area contributed by atoms with Crippen LogP contribution in [0.1, 0.15) is 38.7 Å². The van der Waals surface area contributed by atoms with Gasteiger partial charge in [0.05, 0.1) is 0 Å². The van der Waals surface area contributed by atoms with E-state index >= 15 is 0 Å². The average Bonchev–Trinajstić information content (AvgIpc) is 2.47. The first kappa shape index (κ1) is 18.0. The number of amides is 1. The lowest BCUT2D eigenvalue weighted by atomic mass is 9.92. The third kappa shape index (κ3) is 5.33. The SMILES string of the molecule is CCCN(Cc1ccccc1)C(=O)[C@H]1CCN[C@@H](C)C1.Cl. The minimum absolute atomic E-state index is 0. The maximum atomic E-state index is 12.7. The van der Waals surface area contributed by atoms with Crippen molar-refractivity contribution in [1.29, 1.82) is 0 Å². The van der Waals surface area contributed by atoms with Crippen LogP contribution in [0.5, 0.6) is 0 Å². The van der Waals surface area contributed by atoms with Crippen molar-refractivity contribution in [3.8, 4) is 0 Å². The first-order valence-corrected chi connectivity index (χ1v) is 7.76. The van der Waals surface area contributed by atoms with Gasteiger partial charge in [0.15, 0.2) is 0 Å². The maximum Gasteiger partial charge on any atom is 0.226 e. The van der Waals surface area contributed by atoms with Crippen molar-refractivity contribution < 1.29 is 4.79 Å². The monoisotopic (exact) mass is 310 g/mol. The highest BCUT2D eigenvalue weighted by molar-refractivity contribution is 5.85. The van der Waals surface area contributed by atoms with E-state index in [2.05, 4.69) is 31.3 Å². The lowest BCUT2D eigenvalue weighted by molar-refractivity contribution is -0.137. The molecular weight excluding hydrogens is 284 g/mol. The smallest absolute Gasteiger partial charge is 0.226 e. The largest absolute Gasteiger partial charge is 0.338 e. The lowest BCUT2D eigenvalue weighted by Gasteiger charge is -2.32. The Morgan fingerprint density at radius 2 is 2.05 bits per heavy atom. The quantitative estimate of drug-likeness (QED) is 0.905. The van der Waals surface area contributed by atoms with Gasteiger partial charge in [-0.1, -0.05) is 37.3 Å². The van der Waals surface area contributed by atoms with Gasteiger partial charge in [-0.2, -0.15) is 0 Å². The Balaban J connectivity index is 0.00000220. The second-order valence-corrected chi connectivity index (χ2v) is 5.82. The Kier molecular flexibility index (Phi) is 7.76. The van der Waals surface area contributed by atoms with E-state index in [1.807, 2.05) is 23.1 Å². The molecule has 1 fully saturated rings. The predicted molar refractivity (Wildman–Crippen MR) is 89.6 cm³/mol. The zero-order valence-corrected chi connectivity index (χ0v) is 13.9. The van der Waals surface area contributed by atoms with Gasteiger partial charge in [-0.15, -0.1) is 12.4 Å². The number of carbonyl (C=O) groups excluding carboxylic acids is 1. The standard InChI is InChI=1S/C17H26N2O.ClH/c1-3-11-19(13-15-7-5-4-6-8-15)17(20)16-9-10-18-14(2)12-16;/h4-8,14,16,18H,3,9-13H2,1-2H3;1H/t14-,16-;/m0./s1. The van der Waals surface area contributed by atoms with Crippen LogP contribution in [0, 0.1) is 5.92 Å². The fourth-order valence-electron chi connectivity index (χ4n) is 2.96. The fourth-order valence-corrected chi connectivity index (χ4v) is 2.96. The summed E-state index contributed by atoms with van der Waals surface area (Å²) >= 11 is 0. The molecule has 0 radical (unpaired) electrons. The van der Waals surface area contributed by atoms with Gasteiger partial charge in [-0.25, -0.2) is 0 Å². The van der Waals surface area contributed by atoms with Gasteiger partial charge in [0, 0.05) is 25.0 Å². The Hall–Kier alpha value is -1.06. The predicted octanol–water partition coefficient (Wildman–Crippen LogP) is 3.24. The number of hydrogen-bond donors (Lipinski definition) is 1. The minimum Gasteiger partial charge on any atom is -0.338 e. The first-order valence-electron chi connectivity index (χ1n) is 7.76. The zero-order chi connectivity index (χ0) is 14.4. The van der Waals surface area contributed by atoms with Crippen LogP contribution >= 0.6 is 12.4 Å². The molecule has 0 spiro atoms. The number of benzene rings is 1. The zero-order valence-electron chi connectivity index (χ0n) is 13.0. The van der Waals surface area contributed by atoms with Crippen molar-refractivity contribution in [1.82, 2.24) is 10.2 Å². The highest BCUT2D eigenvalue weighted by Gasteiger charge is 2.28. The van der Waals surface area contributed by atoms with Crippen LogP contribution in [0.4, 0.5) is 0 Å². The number of rotatable bonds is 5. The summed E-state index contributed by atoms with van der Waals surface area (Å²) in [4.78, 5) is 14.8. The number of nitrogens with zero attached hydrogens (tertiary/aromatic N) is 1. The summed E-state index contributed by atoms with van der Waals surface area (Å²) in [7, 11) is 0. The van der Waals surface area contributed by atoms with Gasteiger partial charge in [0.25, 0.3) is 0 Å². The Labute approximate surface area is 134 Å². The molecule has 3 nitrogen and oxygen atoms in total. The third-order valence-corrected chi connectivity index (χ3v) is 3.99. The summed E-state index contributed by atoms with van der Waals surface area (Å²) in [6.45, 7) is 6.86.